The number of fused-ring (bicyclic) bond motifs is 1. The van der Waals surface area contributed by atoms with Crippen LogP contribution in [0.4, 0.5) is 0 Å². The van der Waals surface area contributed by atoms with Gasteiger partial charge in [-0.1, -0.05) is 18.2 Å². The van der Waals surface area contributed by atoms with Gasteiger partial charge in [-0.05, 0) is 34.0 Å². The smallest absolute Gasteiger partial charge is 0.251 e. The van der Waals surface area contributed by atoms with Crippen molar-refractivity contribution in [2.24, 2.45) is 5.14 Å². The van der Waals surface area contributed by atoms with E-state index in [9.17, 15) is 13.2 Å². The predicted octanol–water partition coefficient (Wildman–Crippen LogP) is -0.162. The fourth-order valence-electron chi connectivity index (χ4n) is 3.74. The summed E-state index contributed by atoms with van der Waals surface area (Å²) in [6.45, 7) is 1.60. The fourth-order valence-corrected chi connectivity index (χ4v) is 6.28. The van der Waals surface area contributed by atoms with Crippen molar-refractivity contribution >= 4 is 27.7 Å². The van der Waals surface area contributed by atoms with Crippen molar-refractivity contribution in [2.75, 3.05) is 13.1 Å². The van der Waals surface area contributed by atoms with E-state index >= 15 is 0 Å². The van der Waals surface area contributed by atoms with Crippen molar-refractivity contribution in [1.29, 1.82) is 0 Å². The van der Waals surface area contributed by atoms with Gasteiger partial charge in [0.25, 0.3) is 5.91 Å². The second kappa shape index (κ2) is 7.47. The van der Waals surface area contributed by atoms with Gasteiger partial charge in [0.2, 0.25) is 5.82 Å². The summed E-state index contributed by atoms with van der Waals surface area (Å²) in [4.78, 5) is 12.7. The Morgan fingerprint density at radius 1 is 1.07 bits per heavy atom. The Labute approximate surface area is 176 Å². The molecule has 2 aromatic carbocycles. The second-order valence-electron chi connectivity index (χ2n) is 6.94. The molecule has 1 aromatic heterocycles. The van der Waals surface area contributed by atoms with E-state index in [0.29, 0.717) is 41.2 Å². The van der Waals surface area contributed by atoms with Crippen molar-refractivity contribution < 1.29 is 13.2 Å². The minimum absolute atomic E-state index is 0.0842. The molecule has 0 spiro atoms. The zero-order valence-electron chi connectivity index (χ0n) is 15.5. The number of aromatic amines is 1. The quantitative estimate of drug-likeness (QED) is 0.427. The third-order valence-electron chi connectivity index (χ3n) is 5.29. The summed E-state index contributed by atoms with van der Waals surface area (Å²) < 4.78 is 25.8. The SMILES string of the molecule is NS(=O)c1c(S(=O)C2CNC2)ccc(-c2cccc3c2CNC3=O)c1-c1nn[nH]n1. The molecule has 3 aromatic rings. The lowest BCUT2D eigenvalue weighted by Gasteiger charge is -2.27. The number of nitrogens with two attached hydrogens (primary N) is 1. The number of carbonyl (C=O) groups excluding carboxylic acids is 1. The number of nitrogens with one attached hydrogen (secondary N) is 3. The molecule has 3 heterocycles. The summed E-state index contributed by atoms with van der Waals surface area (Å²) in [5.74, 6) is 0.0464. The van der Waals surface area contributed by atoms with Crippen LogP contribution in [0, 0.1) is 0 Å². The number of hydrogen-bond acceptors (Lipinski definition) is 7. The normalized spacial score (nSPS) is 17.8. The average Bonchev–Trinajstić information content (AvgIpc) is 3.35. The van der Waals surface area contributed by atoms with Crippen molar-refractivity contribution in [3.8, 4) is 22.5 Å². The molecule has 2 unspecified atom stereocenters. The Bertz CT molecular complexity index is 1210. The zero-order chi connectivity index (χ0) is 20.8. The average molecular weight is 444 g/mol. The van der Waals surface area contributed by atoms with Crippen LogP contribution in [0.2, 0.25) is 0 Å². The monoisotopic (exact) mass is 443 g/mol. The zero-order valence-corrected chi connectivity index (χ0v) is 17.2. The van der Waals surface area contributed by atoms with Crippen LogP contribution in [-0.2, 0) is 28.3 Å². The molecule has 0 aliphatic carbocycles. The van der Waals surface area contributed by atoms with E-state index in [0.717, 1.165) is 11.1 Å². The topological polar surface area (TPSA) is 156 Å². The van der Waals surface area contributed by atoms with Crippen molar-refractivity contribution in [3.05, 3.63) is 41.5 Å². The molecule has 1 amide bonds. The molecule has 1 fully saturated rings. The fraction of sp³-hybridized carbons (Fsp3) is 0.222. The van der Waals surface area contributed by atoms with Crippen molar-refractivity contribution in [2.45, 2.75) is 21.6 Å². The predicted molar refractivity (Wildman–Crippen MR) is 110 cm³/mol. The van der Waals surface area contributed by atoms with Crippen LogP contribution in [0.25, 0.3) is 22.5 Å². The Morgan fingerprint density at radius 2 is 1.87 bits per heavy atom. The summed E-state index contributed by atoms with van der Waals surface area (Å²) in [6.07, 6.45) is 0. The molecule has 0 bridgehead atoms. The maximum atomic E-state index is 13.1. The van der Waals surface area contributed by atoms with Gasteiger partial charge < -0.3 is 10.6 Å². The number of rotatable bonds is 5. The number of carbonyl (C=O) groups is 1. The largest absolute Gasteiger partial charge is 0.348 e. The standard InChI is InChI=1S/C18H17N7O3S2/c19-30(28)16-14(29(27)9-6-20-7-9)5-4-11(15(16)17-22-24-25-23-17)10-2-1-3-12-13(10)8-21-18(12)26/h1-5,9,20H,6-8,19H2,(H,21,26)(H,22,23,24,25). The third kappa shape index (κ3) is 2.99. The molecule has 30 heavy (non-hydrogen) atoms. The first-order valence-electron chi connectivity index (χ1n) is 9.15. The van der Waals surface area contributed by atoms with E-state index in [1.807, 2.05) is 6.07 Å². The summed E-state index contributed by atoms with van der Waals surface area (Å²) in [5.41, 5.74) is 3.20. The van der Waals surface area contributed by atoms with Crippen molar-refractivity contribution in [3.63, 3.8) is 0 Å². The number of amides is 1. The van der Waals surface area contributed by atoms with Gasteiger partial charge in [0.1, 0.15) is 11.0 Å². The molecule has 154 valence electrons. The molecule has 0 saturated carbocycles. The molecule has 5 rings (SSSR count). The highest BCUT2D eigenvalue weighted by molar-refractivity contribution is 7.87. The summed E-state index contributed by atoms with van der Waals surface area (Å²) in [7, 11) is -3.36. The van der Waals surface area contributed by atoms with Crippen LogP contribution in [-0.4, -0.2) is 53.3 Å². The van der Waals surface area contributed by atoms with Gasteiger partial charge >= 0.3 is 0 Å². The number of aromatic nitrogens is 4. The van der Waals surface area contributed by atoms with E-state index in [2.05, 4.69) is 31.3 Å². The minimum atomic E-state index is -1.96. The lowest BCUT2D eigenvalue weighted by Crippen LogP contribution is -2.49. The molecule has 2 aliphatic heterocycles. The molecule has 0 radical (unpaired) electrons. The maximum Gasteiger partial charge on any atom is 0.251 e. The number of benzene rings is 2. The Hall–Kier alpha value is -2.80. The van der Waals surface area contributed by atoms with Gasteiger partial charge in [0.15, 0.2) is 0 Å². The summed E-state index contributed by atoms with van der Waals surface area (Å²) >= 11 is 0. The van der Waals surface area contributed by atoms with Gasteiger partial charge in [-0.15, -0.1) is 10.2 Å². The van der Waals surface area contributed by atoms with Gasteiger partial charge in [0.05, 0.1) is 25.8 Å². The van der Waals surface area contributed by atoms with E-state index in [-0.39, 0.29) is 21.9 Å². The van der Waals surface area contributed by atoms with Crippen molar-refractivity contribution in [1.82, 2.24) is 31.3 Å². The Balaban J connectivity index is 1.79. The van der Waals surface area contributed by atoms with E-state index < -0.39 is 21.8 Å². The first-order valence-corrected chi connectivity index (χ1v) is 11.6. The highest BCUT2D eigenvalue weighted by Gasteiger charge is 2.32. The van der Waals surface area contributed by atoms with Crippen LogP contribution < -0.4 is 15.8 Å². The molecule has 12 heteroatoms. The number of hydrogen-bond donors (Lipinski definition) is 4. The third-order valence-corrected chi connectivity index (χ3v) is 7.96. The molecule has 1 saturated heterocycles. The first-order chi connectivity index (χ1) is 14.6. The van der Waals surface area contributed by atoms with Gasteiger partial charge in [-0.2, -0.15) is 5.21 Å². The Kier molecular flexibility index (Phi) is 4.77. The highest BCUT2D eigenvalue weighted by Crippen LogP contribution is 2.40. The number of tetrazole rings is 1. The van der Waals surface area contributed by atoms with Gasteiger partial charge in [-0.3, -0.25) is 9.00 Å². The first kappa shape index (κ1) is 19.2. The lowest BCUT2D eigenvalue weighted by atomic mass is 9.93. The molecule has 2 atom stereocenters. The number of H-pyrrole nitrogens is 1. The highest BCUT2D eigenvalue weighted by atomic mass is 32.2. The molecular weight excluding hydrogens is 426 g/mol. The van der Waals surface area contributed by atoms with Crippen LogP contribution >= 0.6 is 0 Å². The van der Waals surface area contributed by atoms with Crippen LogP contribution in [0.15, 0.2) is 40.1 Å². The molecule has 10 nitrogen and oxygen atoms in total. The van der Waals surface area contributed by atoms with E-state index in [1.54, 1.807) is 24.3 Å². The summed E-state index contributed by atoms with van der Waals surface area (Å²) in [5, 5.41) is 25.9. The van der Waals surface area contributed by atoms with E-state index in [1.165, 1.54) is 0 Å². The van der Waals surface area contributed by atoms with E-state index in [4.69, 9.17) is 5.14 Å². The molecule has 5 N–H and O–H groups in total. The lowest BCUT2D eigenvalue weighted by molar-refractivity contribution is 0.0965. The van der Waals surface area contributed by atoms with Gasteiger partial charge in [0, 0.05) is 30.8 Å². The molecule has 2 aliphatic rings. The molecular formula is C18H17N7O3S2. The van der Waals surface area contributed by atoms with Gasteiger partial charge in [-0.25, -0.2) is 9.35 Å². The summed E-state index contributed by atoms with van der Waals surface area (Å²) in [6, 6.07) is 8.89. The Morgan fingerprint density at radius 3 is 2.53 bits per heavy atom. The minimum Gasteiger partial charge on any atom is -0.348 e. The van der Waals surface area contributed by atoms with Crippen LogP contribution in [0.3, 0.4) is 0 Å². The van der Waals surface area contributed by atoms with Crippen LogP contribution in [0.5, 0.6) is 0 Å². The number of nitrogens with zero attached hydrogens (tertiary/aromatic N) is 3. The second-order valence-corrected chi connectivity index (χ2v) is 9.64. The van der Waals surface area contributed by atoms with Crippen LogP contribution in [0.1, 0.15) is 15.9 Å². The maximum absolute atomic E-state index is 13.1.